The number of rotatable bonds is 2. The lowest BCUT2D eigenvalue weighted by Crippen LogP contribution is -2.37. The van der Waals surface area contributed by atoms with Crippen molar-refractivity contribution >= 4 is 6.09 Å². The van der Waals surface area contributed by atoms with Crippen LogP contribution in [0.25, 0.3) is 0 Å². The van der Waals surface area contributed by atoms with Gasteiger partial charge >= 0.3 is 6.09 Å². The average Bonchev–Trinajstić information content (AvgIpc) is 2.39. The largest absolute Gasteiger partial charge is 0.465 e. The minimum Gasteiger partial charge on any atom is -0.465 e. The number of likely N-dealkylation sites (tertiary alicyclic amines) is 1. The van der Waals surface area contributed by atoms with Crippen molar-refractivity contribution < 1.29 is 9.90 Å². The van der Waals surface area contributed by atoms with E-state index in [1.165, 1.54) is 10.5 Å². The molecule has 0 spiro atoms. The fraction of sp³-hybridized carbons (Fsp3) is 0.500. The molecule has 0 unspecified atom stereocenters. The lowest BCUT2D eigenvalue weighted by atomic mass is 9.88. The zero-order chi connectivity index (χ0) is 12.3. The monoisotopic (exact) mass is 235 g/mol. The Morgan fingerprint density at radius 2 is 2.24 bits per heavy atom. The highest BCUT2D eigenvalue weighted by atomic mass is 16.4. The molecule has 1 fully saturated rings. The number of hydrogen-bond acceptors (Lipinski definition) is 3. The number of nitrogens with two attached hydrogens (primary N) is 1. The van der Waals surface area contributed by atoms with Gasteiger partial charge in [0.15, 0.2) is 0 Å². The summed E-state index contributed by atoms with van der Waals surface area (Å²) in [5, 5.41) is 8.89. The van der Waals surface area contributed by atoms with Crippen molar-refractivity contribution in [1.29, 1.82) is 0 Å². The molecular weight excluding hydrogens is 218 g/mol. The molecule has 1 aromatic rings. The van der Waals surface area contributed by atoms with Crippen LogP contribution < -0.4 is 5.73 Å². The maximum atomic E-state index is 10.8. The van der Waals surface area contributed by atoms with Crippen molar-refractivity contribution in [2.24, 2.45) is 5.73 Å². The molecule has 5 nitrogen and oxygen atoms in total. The third-order valence-electron chi connectivity index (χ3n) is 3.32. The number of nitrogens with zero attached hydrogens (tertiary/aromatic N) is 2. The van der Waals surface area contributed by atoms with Gasteiger partial charge in [-0.3, -0.25) is 4.98 Å². The van der Waals surface area contributed by atoms with Crippen LogP contribution in [0.15, 0.2) is 18.3 Å². The molecule has 0 aliphatic carbocycles. The summed E-state index contributed by atoms with van der Waals surface area (Å²) < 4.78 is 0. The summed E-state index contributed by atoms with van der Waals surface area (Å²) in [6, 6.07) is 3.97. The van der Waals surface area contributed by atoms with Gasteiger partial charge in [-0.25, -0.2) is 4.79 Å². The molecule has 1 aliphatic rings. The SMILES string of the molecule is NCc1ncccc1C1CCN(C(=O)O)CC1. The van der Waals surface area contributed by atoms with E-state index in [9.17, 15) is 4.79 Å². The van der Waals surface area contributed by atoms with Crippen LogP contribution in [0, 0.1) is 0 Å². The fourth-order valence-corrected chi connectivity index (χ4v) is 2.37. The number of aromatic nitrogens is 1. The molecule has 1 aromatic heterocycles. The molecule has 1 amide bonds. The van der Waals surface area contributed by atoms with E-state index in [4.69, 9.17) is 10.8 Å². The molecule has 0 radical (unpaired) electrons. The zero-order valence-electron chi connectivity index (χ0n) is 9.67. The first kappa shape index (κ1) is 11.9. The van der Waals surface area contributed by atoms with E-state index in [0.717, 1.165) is 18.5 Å². The van der Waals surface area contributed by atoms with Crippen molar-refractivity contribution in [3.8, 4) is 0 Å². The number of pyridine rings is 1. The molecule has 5 heteroatoms. The van der Waals surface area contributed by atoms with Crippen molar-refractivity contribution in [2.75, 3.05) is 13.1 Å². The molecule has 0 bridgehead atoms. The van der Waals surface area contributed by atoms with Gasteiger partial charge in [-0.2, -0.15) is 0 Å². The van der Waals surface area contributed by atoms with Gasteiger partial charge in [0.2, 0.25) is 0 Å². The molecule has 0 atom stereocenters. The molecule has 1 aliphatic heterocycles. The maximum absolute atomic E-state index is 10.8. The van der Waals surface area contributed by atoms with E-state index in [0.29, 0.717) is 25.6 Å². The molecule has 3 N–H and O–H groups in total. The Morgan fingerprint density at radius 1 is 1.53 bits per heavy atom. The maximum Gasteiger partial charge on any atom is 0.407 e. The smallest absolute Gasteiger partial charge is 0.407 e. The minimum absolute atomic E-state index is 0.387. The predicted molar refractivity (Wildman–Crippen MR) is 63.7 cm³/mol. The topological polar surface area (TPSA) is 79.5 Å². The van der Waals surface area contributed by atoms with Gasteiger partial charge in [-0.05, 0) is 30.4 Å². The molecular formula is C12H17N3O2. The molecule has 92 valence electrons. The number of carbonyl (C=O) groups is 1. The van der Waals surface area contributed by atoms with E-state index < -0.39 is 6.09 Å². The quantitative estimate of drug-likeness (QED) is 0.812. The van der Waals surface area contributed by atoms with Crippen LogP contribution in [0.5, 0.6) is 0 Å². The molecule has 2 heterocycles. The van der Waals surface area contributed by atoms with Crippen molar-refractivity contribution in [2.45, 2.75) is 25.3 Å². The van der Waals surface area contributed by atoms with Crippen LogP contribution in [0.4, 0.5) is 4.79 Å². The predicted octanol–water partition coefficient (Wildman–Crippen LogP) is 1.40. The first-order valence-electron chi connectivity index (χ1n) is 5.84. The van der Waals surface area contributed by atoms with Crippen LogP contribution in [0.2, 0.25) is 0 Å². The Hall–Kier alpha value is -1.62. The number of piperidine rings is 1. The second kappa shape index (κ2) is 5.14. The van der Waals surface area contributed by atoms with Gasteiger partial charge < -0.3 is 15.7 Å². The second-order valence-electron chi connectivity index (χ2n) is 4.29. The standard InChI is InChI=1S/C12H17N3O2/c13-8-11-10(2-1-5-14-11)9-3-6-15(7-4-9)12(16)17/h1-2,5,9H,3-4,6-8,13H2,(H,16,17). The van der Waals surface area contributed by atoms with Crippen LogP contribution in [0.1, 0.15) is 30.0 Å². The van der Waals surface area contributed by atoms with Crippen molar-refractivity contribution in [3.63, 3.8) is 0 Å². The van der Waals surface area contributed by atoms with E-state index in [1.807, 2.05) is 6.07 Å². The second-order valence-corrected chi connectivity index (χ2v) is 4.29. The van der Waals surface area contributed by atoms with E-state index in [1.54, 1.807) is 6.20 Å². The van der Waals surface area contributed by atoms with E-state index in [-0.39, 0.29) is 0 Å². The van der Waals surface area contributed by atoms with Gasteiger partial charge in [0.05, 0.1) is 5.69 Å². The summed E-state index contributed by atoms with van der Waals surface area (Å²) in [5.41, 5.74) is 7.78. The van der Waals surface area contributed by atoms with Gasteiger partial charge in [0.25, 0.3) is 0 Å². The van der Waals surface area contributed by atoms with Crippen LogP contribution in [-0.4, -0.2) is 34.2 Å². The summed E-state index contributed by atoms with van der Waals surface area (Å²) in [6.45, 7) is 1.63. The number of hydrogen-bond donors (Lipinski definition) is 2. The van der Waals surface area contributed by atoms with Gasteiger partial charge in [-0.15, -0.1) is 0 Å². The van der Waals surface area contributed by atoms with Gasteiger partial charge in [-0.1, -0.05) is 6.07 Å². The average molecular weight is 235 g/mol. The summed E-state index contributed by atoms with van der Waals surface area (Å²) in [7, 11) is 0. The third kappa shape index (κ3) is 2.55. The first-order chi connectivity index (χ1) is 8.22. The van der Waals surface area contributed by atoms with Gasteiger partial charge in [0, 0.05) is 25.8 Å². The highest BCUT2D eigenvalue weighted by Crippen LogP contribution is 2.29. The summed E-state index contributed by atoms with van der Waals surface area (Å²) >= 11 is 0. The summed E-state index contributed by atoms with van der Waals surface area (Å²) in [4.78, 5) is 16.6. The molecule has 0 aromatic carbocycles. The minimum atomic E-state index is -0.825. The normalized spacial score (nSPS) is 17.1. The Kier molecular flexibility index (Phi) is 3.58. The Labute approximate surface area is 100 Å². The fourth-order valence-electron chi connectivity index (χ4n) is 2.37. The Balaban J connectivity index is 2.07. The summed E-state index contributed by atoms with van der Waals surface area (Å²) in [6.07, 6.45) is 2.63. The molecule has 0 saturated carbocycles. The first-order valence-corrected chi connectivity index (χ1v) is 5.84. The Bertz CT molecular complexity index is 400. The van der Waals surface area contributed by atoms with Crippen LogP contribution >= 0.6 is 0 Å². The number of amides is 1. The van der Waals surface area contributed by atoms with Crippen LogP contribution in [0.3, 0.4) is 0 Å². The third-order valence-corrected chi connectivity index (χ3v) is 3.32. The van der Waals surface area contributed by atoms with Gasteiger partial charge in [0.1, 0.15) is 0 Å². The highest BCUT2D eigenvalue weighted by molar-refractivity contribution is 5.65. The van der Waals surface area contributed by atoms with Crippen LogP contribution in [-0.2, 0) is 6.54 Å². The highest BCUT2D eigenvalue weighted by Gasteiger charge is 2.24. The lowest BCUT2D eigenvalue weighted by Gasteiger charge is -2.30. The zero-order valence-corrected chi connectivity index (χ0v) is 9.67. The molecule has 17 heavy (non-hydrogen) atoms. The Morgan fingerprint density at radius 3 is 2.82 bits per heavy atom. The van der Waals surface area contributed by atoms with E-state index in [2.05, 4.69) is 11.1 Å². The van der Waals surface area contributed by atoms with Crippen molar-refractivity contribution in [3.05, 3.63) is 29.6 Å². The number of carboxylic acid groups (broad SMARTS) is 1. The summed E-state index contributed by atoms with van der Waals surface area (Å²) in [5.74, 6) is 0.387. The van der Waals surface area contributed by atoms with E-state index >= 15 is 0 Å². The van der Waals surface area contributed by atoms with Crippen molar-refractivity contribution in [1.82, 2.24) is 9.88 Å². The lowest BCUT2D eigenvalue weighted by molar-refractivity contribution is 0.132. The molecule has 1 saturated heterocycles. The molecule has 2 rings (SSSR count).